The lowest BCUT2D eigenvalue weighted by Gasteiger charge is -2.28. The van der Waals surface area contributed by atoms with Gasteiger partial charge in [-0.3, -0.25) is 0 Å². The molecule has 0 amide bonds. The van der Waals surface area contributed by atoms with E-state index in [-0.39, 0.29) is 6.04 Å². The Hall–Kier alpha value is -0.820. The minimum Gasteiger partial charge on any atom is -0.324 e. The molecule has 0 spiro atoms. The molecule has 1 aliphatic carbocycles. The second-order valence-corrected chi connectivity index (χ2v) is 4.78. The molecule has 0 saturated heterocycles. The summed E-state index contributed by atoms with van der Waals surface area (Å²) in [4.78, 5) is 0. The minimum atomic E-state index is 0.256. The van der Waals surface area contributed by atoms with Gasteiger partial charge in [0.25, 0.3) is 0 Å². The Labute approximate surface area is 92.7 Å². The Morgan fingerprint density at radius 1 is 1.13 bits per heavy atom. The molecule has 1 aromatic carbocycles. The zero-order valence-electron chi connectivity index (χ0n) is 9.58. The van der Waals surface area contributed by atoms with E-state index in [1.807, 2.05) is 0 Å². The number of nitrogens with two attached hydrogens (primary N) is 1. The van der Waals surface area contributed by atoms with E-state index >= 15 is 0 Å². The standard InChI is InChI=1S/C14H21N/c1-11-7-5-6-10-13(11)14(15)12-8-3-2-4-9-12/h5-7,10,12,14H,2-4,8-9,15H2,1H3/t14-/m1/s1. The predicted molar refractivity (Wildman–Crippen MR) is 64.7 cm³/mol. The van der Waals surface area contributed by atoms with Crippen LogP contribution in [0, 0.1) is 12.8 Å². The largest absolute Gasteiger partial charge is 0.324 e. The van der Waals surface area contributed by atoms with Crippen LogP contribution in [0.3, 0.4) is 0 Å². The Bertz CT molecular complexity index is 313. The van der Waals surface area contributed by atoms with Crippen molar-refractivity contribution < 1.29 is 0 Å². The van der Waals surface area contributed by atoms with Crippen LogP contribution in [0.25, 0.3) is 0 Å². The van der Waals surface area contributed by atoms with Crippen molar-refractivity contribution in [1.29, 1.82) is 0 Å². The van der Waals surface area contributed by atoms with Gasteiger partial charge in [0.05, 0.1) is 0 Å². The molecule has 2 N–H and O–H groups in total. The Morgan fingerprint density at radius 3 is 2.47 bits per heavy atom. The maximum absolute atomic E-state index is 6.37. The molecular weight excluding hydrogens is 182 g/mol. The van der Waals surface area contributed by atoms with E-state index < -0.39 is 0 Å². The first-order chi connectivity index (χ1) is 7.29. The molecule has 1 aliphatic rings. The van der Waals surface area contributed by atoms with Gasteiger partial charge in [-0.05, 0) is 36.8 Å². The molecule has 0 unspecified atom stereocenters. The van der Waals surface area contributed by atoms with Crippen molar-refractivity contribution in [2.24, 2.45) is 11.7 Å². The Morgan fingerprint density at radius 2 is 1.80 bits per heavy atom. The van der Waals surface area contributed by atoms with Crippen molar-refractivity contribution in [2.45, 2.75) is 45.1 Å². The minimum absolute atomic E-state index is 0.256. The quantitative estimate of drug-likeness (QED) is 0.781. The van der Waals surface area contributed by atoms with Crippen LogP contribution < -0.4 is 5.73 Å². The van der Waals surface area contributed by atoms with Gasteiger partial charge in [-0.2, -0.15) is 0 Å². The number of rotatable bonds is 2. The summed E-state index contributed by atoms with van der Waals surface area (Å²) in [7, 11) is 0. The molecule has 0 heterocycles. The van der Waals surface area contributed by atoms with Crippen LogP contribution in [-0.2, 0) is 0 Å². The highest BCUT2D eigenvalue weighted by molar-refractivity contribution is 5.28. The summed E-state index contributed by atoms with van der Waals surface area (Å²) >= 11 is 0. The van der Waals surface area contributed by atoms with Crippen molar-refractivity contribution in [1.82, 2.24) is 0 Å². The fourth-order valence-corrected chi connectivity index (χ4v) is 2.71. The molecule has 0 aliphatic heterocycles. The molecule has 1 heteroatoms. The van der Waals surface area contributed by atoms with Gasteiger partial charge in [-0.25, -0.2) is 0 Å². The molecule has 15 heavy (non-hydrogen) atoms. The smallest absolute Gasteiger partial charge is 0.0326 e. The van der Waals surface area contributed by atoms with Crippen molar-refractivity contribution in [3.05, 3.63) is 35.4 Å². The van der Waals surface area contributed by atoms with E-state index in [4.69, 9.17) is 5.73 Å². The Kier molecular flexibility index (Phi) is 3.42. The number of hydrogen-bond donors (Lipinski definition) is 1. The van der Waals surface area contributed by atoms with Crippen LogP contribution in [-0.4, -0.2) is 0 Å². The summed E-state index contributed by atoms with van der Waals surface area (Å²) < 4.78 is 0. The van der Waals surface area contributed by atoms with Crippen molar-refractivity contribution >= 4 is 0 Å². The fourth-order valence-electron chi connectivity index (χ4n) is 2.71. The molecule has 0 aromatic heterocycles. The van der Waals surface area contributed by atoms with Gasteiger partial charge in [0.1, 0.15) is 0 Å². The third kappa shape index (κ3) is 2.40. The molecule has 0 radical (unpaired) electrons. The van der Waals surface area contributed by atoms with Gasteiger partial charge < -0.3 is 5.73 Å². The normalized spacial score (nSPS) is 20.1. The van der Waals surface area contributed by atoms with Crippen molar-refractivity contribution in [3.63, 3.8) is 0 Å². The van der Waals surface area contributed by atoms with Gasteiger partial charge in [-0.1, -0.05) is 43.5 Å². The van der Waals surface area contributed by atoms with E-state index in [2.05, 4.69) is 31.2 Å². The zero-order valence-corrected chi connectivity index (χ0v) is 9.58. The van der Waals surface area contributed by atoms with Gasteiger partial charge in [0.2, 0.25) is 0 Å². The summed E-state index contributed by atoms with van der Waals surface area (Å²) in [6, 6.07) is 8.80. The third-order valence-electron chi connectivity index (χ3n) is 3.71. The SMILES string of the molecule is Cc1ccccc1[C@H](N)C1CCCCC1. The Balaban J connectivity index is 2.12. The van der Waals surface area contributed by atoms with Crippen LogP contribution in [0.2, 0.25) is 0 Å². The maximum Gasteiger partial charge on any atom is 0.0326 e. The molecule has 0 bridgehead atoms. The highest BCUT2D eigenvalue weighted by atomic mass is 14.7. The van der Waals surface area contributed by atoms with E-state index in [0.717, 1.165) is 0 Å². The molecule has 1 nitrogen and oxygen atoms in total. The lowest BCUT2D eigenvalue weighted by Crippen LogP contribution is -2.24. The fraction of sp³-hybridized carbons (Fsp3) is 0.571. The number of benzene rings is 1. The van der Waals surface area contributed by atoms with Gasteiger partial charge in [0, 0.05) is 6.04 Å². The van der Waals surface area contributed by atoms with Gasteiger partial charge in [-0.15, -0.1) is 0 Å². The third-order valence-corrected chi connectivity index (χ3v) is 3.71. The first-order valence-electron chi connectivity index (χ1n) is 6.10. The van der Waals surface area contributed by atoms with Crippen LogP contribution in [0.15, 0.2) is 24.3 Å². The molecule has 1 aromatic rings. The summed E-state index contributed by atoms with van der Waals surface area (Å²) in [6.45, 7) is 2.16. The zero-order chi connectivity index (χ0) is 10.7. The molecule has 1 saturated carbocycles. The second kappa shape index (κ2) is 4.80. The number of aryl methyl sites for hydroxylation is 1. The molecular formula is C14H21N. The van der Waals surface area contributed by atoms with E-state index in [1.54, 1.807) is 0 Å². The van der Waals surface area contributed by atoms with Crippen molar-refractivity contribution in [2.75, 3.05) is 0 Å². The van der Waals surface area contributed by atoms with E-state index in [0.29, 0.717) is 5.92 Å². The average molecular weight is 203 g/mol. The summed E-state index contributed by atoms with van der Waals surface area (Å²) in [5.41, 5.74) is 9.06. The van der Waals surface area contributed by atoms with Crippen LogP contribution in [0.4, 0.5) is 0 Å². The summed E-state index contributed by atoms with van der Waals surface area (Å²) in [5, 5.41) is 0. The van der Waals surface area contributed by atoms with Crippen LogP contribution >= 0.6 is 0 Å². The number of hydrogen-bond acceptors (Lipinski definition) is 1. The first-order valence-corrected chi connectivity index (χ1v) is 6.10. The van der Waals surface area contributed by atoms with E-state index in [9.17, 15) is 0 Å². The molecule has 2 rings (SSSR count). The predicted octanol–water partition coefficient (Wildman–Crippen LogP) is 3.58. The monoisotopic (exact) mass is 203 g/mol. The second-order valence-electron chi connectivity index (χ2n) is 4.78. The molecule has 1 fully saturated rings. The first kappa shape index (κ1) is 10.7. The topological polar surface area (TPSA) is 26.0 Å². The molecule has 82 valence electrons. The summed E-state index contributed by atoms with van der Waals surface area (Å²) in [5.74, 6) is 0.708. The lowest BCUT2D eigenvalue weighted by atomic mass is 9.80. The van der Waals surface area contributed by atoms with Gasteiger partial charge in [0.15, 0.2) is 0 Å². The highest BCUT2D eigenvalue weighted by Gasteiger charge is 2.22. The van der Waals surface area contributed by atoms with Crippen LogP contribution in [0.5, 0.6) is 0 Å². The average Bonchev–Trinajstić information content (AvgIpc) is 2.30. The molecule has 1 atom stereocenters. The van der Waals surface area contributed by atoms with E-state index in [1.165, 1.54) is 43.2 Å². The van der Waals surface area contributed by atoms with Gasteiger partial charge >= 0.3 is 0 Å². The summed E-state index contributed by atoms with van der Waals surface area (Å²) in [6.07, 6.45) is 6.76. The highest BCUT2D eigenvalue weighted by Crippen LogP contribution is 2.33. The lowest BCUT2D eigenvalue weighted by molar-refractivity contribution is 0.307. The van der Waals surface area contributed by atoms with Crippen molar-refractivity contribution in [3.8, 4) is 0 Å². The maximum atomic E-state index is 6.37. The van der Waals surface area contributed by atoms with Crippen LogP contribution in [0.1, 0.15) is 49.3 Å².